The normalized spacial score (nSPS) is 16.9. The minimum Gasteiger partial charge on any atom is -0.467 e. The van der Waals surface area contributed by atoms with Crippen molar-refractivity contribution in [3.8, 4) is 0 Å². The molecule has 0 saturated carbocycles. The molecule has 124 valence electrons. The molecule has 1 aliphatic heterocycles. The van der Waals surface area contributed by atoms with Gasteiger partial charge in [0.05, 0.1) is 18.2 Å². The second-order valence-corrected chi connectivity index (χ2v) is 6.02. The van der Waals surface area contributed by atoms with Crippen LogP contribution in [0.4, 0.5) is 5.82 Å². The van der Waals surface area contributed by atoms with Crippen LogP contribution in [0.1, 0.15) is 41.8 Å². The Morgan fingerprint density at radius 1 is 1.42 bits per heavy atom. The Morgan fingerprint density at radius 3 is 3.00 bits per heavy atom. The van der Waals surface area contributed by atoms with Crippen molar-refractivity contribution in [2.24, 2.45) is 0 Å². The SMILES string of the molecule is CCn1cc([C@@H]2CC(=O)Nc3c2cnn3Cc2ccco2)c(C)n1. The second-order valence-electron chi connectivity index (χ2n) is 6.02. The predicted molar refractivity (Wildman–Crippen MR) is 87.8 cm³/mol. The highest BCUT2D eigenvalue weighted by Gasteiger charge is 2.32. The largest absolute Gasteiger partial charge is 0.467 e. The van der Waals surface area contributed by atoms with Crippen LogP contribution in [-0.4, -0.2) is 25.5 Å². The molecule has 7 nitrogen and oxygen atoms in total. The molecule has 0 unspecified atom stereocenters. The van der Waals surface area contributed by atoms with Crippen molar-refractivity contribution in [3.63, 3.8) is 0 Å². The molecule has 3 aromatic heterocycles. The van der Waals surface area contributed by atoms with E-state index in [0.29, 0.717) is 13.0 Å². The molecule has 0 radical (unpaired) electrons. The standard InChI is InChI=1S/C17H19N5O2/c1-3-21-10-15(11(2)20-21)13-7-16(23)19-17-14(13)8-18-22(17)9-12-5-4-6-24-12/h4-6,8,10,13H,3,7,9H2,1-2H3,(H,19,23)/t13-/m1/s1. The first-order chi connectivity index (χ1) is 11.7. The number of carbonyl (C=O) groups is 1. The number of fused-ring (bicyclic) bond motifs is 1. The monoisotopic (exact) mass is 325 g/mol. The number of anilines is 1. The molecule has 1 aliphatic rings. The van der Waals surface area contributed by atoms with Crippen LogP contribution in [0.3, 0.4) is 0 Å². The number of rotatable bonds is 4. The van der Waals surface area contributed by atoms with Gasteiger partial charge in [0.25, 0.3) is 0 Å². The first kappa shape index (κ1) is 14.7. The van der Waals surface area contributed by atoms with Gasteiger partial charge in [0.15, 0.2) is 0 Å². The lowest BCUT2D eigenvalue weighted by atomic mass is 9.88. The van der Waals surface area contributed by atoms with Gasteiger partial charge in [-0.2, -0.15) is 10.2 Å². The van der Waals surface area contributed by atoms with Crippen molar-refractivity contribution < 1.29 is 9.21 Å². The molecule has 3 aromatic rings. The van der Waals surface area contributed by atoms with Gasteiger partial charge in [-0.05, 0) is 26.0 Å². The third-order valence-electron chi connectivity index (χ3n) is 4.46. The van der Waals surface area contributed by atoms with E-state index in [0.717, 1.165) is 34.9 Å². The number of nitrogens with zero attached hydrogens (tertiary/aromatic N) is 4. The summed E-state index contributed by atoms with van der Waals surface area (Å²) < 4.78 is 9.07. The van der Waals surface area contributed by atoms with E-state index in [-0.39, 0.29) is 11.8 Å². The van der Waals surface area contributed by atoms with Crippen LogP contribution in [0.15, 0.2) is 35.2 Å². The second kappa shape index (κ2) is 5.67. The lowest BCUT2D eigenvalue weighted by Gasteiger charge is -2.23. The van der Waals surface area contributed by atoms with E-state index in [4.69, 9.17) is 4.42 Å². The van der Waals surface area contributed by atoms with Crippen LogP contribution in [0, 0.1) is 6.92 Å². The summed E-state index contributed by atoms with van der Waals surface area (Å²) in [4.78, 5) is 12.2. The fourth-order valence-corrected chi connectivity index (χ4v) is 3.25. The van der Waals surface area contributed by atoms with Gasteiger partial charge in [-0.3, -0.25) is 9.48 Å². The molecule has 1 amide bonds. The van der Waals surface area contributed by atoms with E-state index >= 15 is 0 Å². The van der Waals surface area contributed by atoms with Crippen molar-refractivity contribution in [3.05, 3.63) is 53.4 Å². The van der Waals surface area contributed by atoms with Crippen LogP contribution >= 0.6 is 0 Å². The first-order valence-electron chi connectivity index (χ1n) is 8.07. The number of amides is 1. The Hall–Kier alpha value is -2.83. The third-order valence-corrected chi connectivity index (χ3v) is 4.46. The van der Waals surface area contributed by atoms with Crippen molar-refractivity contribution in [2.75, 3.05) is 5.32 Å². The number of aromatic nitrogens is 4. The number of carbonyl (C=O) groups excluding carboxylic acids is 1. The zero-order valence-corrected chi connectivity index (χ0v) is 13.7. The minimum absolute atomic E-state index is 0.00246. The number of nitrogens with one attached hydrogen (secondary N) is 1. The van der Waals surface area contributed by atoms with E-state index in [9.17, 15) is 4.79 Å². The van der Waals surface area contributed by atoms with Crippen molar-refractivity contribution in [2.45, 2.75) is 39.3 Å². The van der Waals surface area contributed by atoms with Gasteiger partial charge in [0, 0.05) is 36.2 Å². The van der Waals surface area contributed by atoms with Crippen molar-refractivity contribution >= 4 is 11.7 Å². The Bertz CT molecular complexity index is 875. The quantitative estimate of drug-likeness (QED) is 0.799. The Morgan fingerprint density at radius 2 is 2.29 bits per heavy atom. The summed E-state index contributed by atoms with van der Waals surface area (Å²) in [5.41, 5.74) is 3.08. The summed E-state index contributed by atoms with van der Waals surface area (Å²) in [5.74, 6) is 1.53. The van der Waals surface area contributed by atoms with E-state index < -0.39 is 0 Å². The summed E-state index contributed by atoms with van der Waals surface area (Å²) in [6.07, 6.45) is 5.92. The van der Waals surface area contributed by atoms with Gasteiger partial charge >= 0.3 is 0 Å². The summed E-state index contributed by atoms with van der Waals surface area (Å²) in [5, 5.41) is 11.9. The van der Waals surface area contributed by atoms with E-state index in [1.807, 2.05) is 36.1 Å². The zero-order chi connectivity index (χ0) is 16.7. The Labute approximate surface area is 139 Å². The molecule has 0 fully saturated rings. The fourth-order valence-electron chi connectivity index (χ4n) is 3.25. The van der Waals surface area contributed by atoms with Gasteiger partial charge in [0.2, 0.25) is 5.91 Å². The molecule has 24 heavy (non-hydrogen) atoms. The highest BCUT2D eigenvalue weighted by Crippen LogP contribution is 2.38. The molecule has 1 N–H and O–H groups in total. The van der Waals surface area contributed by atoms with Crippen LogP contribution in [0.25, 0.3) is 0 Å². The molecular formula is C17H19N5O2. The maximum Gasteiger partial charge on any atom is 0.226 e. The van der Waals surface area contributed by atoms with Crippen LogP contribution in [0.2, 0.25) is 0 Å². The number of hydrogen-bond donors (Lipinski definition) is 1. The van der Waals surface area contributed by atoms with Gasteiger partial charge in [-0.25, -0.2) is 4.68 Å². The molecule has 4 rings (SSSR count). The zero-order valence-electron chi connectivity index (χ0n) is 13.7. The number of furan rings is 1. The molecule has 0 aliphatic carbocycles. The van der Waals surface area contributed by atoms with Crippen LogP contribution in [-0.2, 0) is 17.9 Å². The summed E-state index contributed by atoms with van der Waals surface area (Å²) in [6.45, 7) is 5.34. The van der Waals surface area contributed by atoms with E-state index in [1.54, 1.807) is 10.9 Å². The average molecular weight is 325 g/mol. The minimum atomic E-state index is -0.0144. The van der Waals surface area contributed by atoms with Crippen molar-refractivity contribution in [1.82, 2.24) is 19.6 Å². The summed E-state index contributed by atoms with van der Waals surface area (Å²) in [6, 6.07) is 3.74. The fraction of sp³-hybridized carbons (Fsp3) is 0.353. The van der Waals surface area contributed by atoms with Gasteiger partial charge < -0.3 is 9.73 Å². The topological polar surface area (TPSA) is 77.9 Å². The summed E-state index contributed by atoms with van der Waals surface area (Å²) >= 11 is 0. The highest BCUT2D eigenvalue weighted by atomic mass is 16.3. The molecule has 4 heterocycles. The van der Waals surface area contributed by atoms with Crippen molar-refractivity contribution in [1.29, 1.82) is 0 Å². The Balaban J connectivity index is 1.73. The maximum absolute atomic E-state index is 12.2. The number of hydrogen-bond acceptors (Lipinski definition) is 4. The lowest BCUT2D eigenvalue weighted by molar-refractivity contribution is -0.116. The van der Waals surface area contributed by atoms with Gasteiger partial charge in [0.1, 0.15) is 18.1 Å². The molecule has 7 heteroatoms. The Kier molecular flexibility index (Phi) is 3.48. The molecule has 0 aromatic carbocycles. The van der Waals surface area contributed by atoms with Gasteiger partial charge in [-0.1, -0.05) is 0 Å². The van der Waals surface area contributed by atoms with Gasteiger partial charge in [-0.15, -0.1) is 0 Å². The molecule has 0 bridgehead atoms. The summed E-state index contributed by atoms with van der Waals surface area (Å²) in [7, 11) is 0. The smallest absolute Gasteiger partial charge is 0.226 e. The first-order valence-corrected chi connectivity index (χ1v) is 8.07. The predicted octanol–water partition coefficient (Wildman–Crippen LogP) is 2.52. The average Bonchev–Trinajstić information content (AvgIpc) is 3.28. The van der Waals surface area contributed by atoms with E-state index in [2.05, 4.69) is 22.4 Å². The third kappa shape index (κ3) is 2.42. The van der Waals surface area contributed by atoms with Crippen LogP contribution in [0.5, 0.6) is 0 Å². The van der Waals surface area contributed by atoms with E-state index in [1.165, 1.54) is 0 Å². The molecular weight excluding hydrogens is 306 g/mol. The molecule has 0 saturated heterocycles. The maximum atomic E-state index is 12.2. The van der Waals surface area contributed by atoms with Crippen LogP contribution < -0.4 is 5.32 Å². The highest BCUT2D eigenvalue weighted by molar-refractivity contribution is 5.94. The lowest BCUT2D eigenvalue weighted by Crippen LogP contribution is -2.25. The molecule has 0 spiro atoms. The molecule has 1 atom stereocenters. The number of aryl methyl sites for hydroxylation is 2.